The van der Waals surface area contributed by atoms with Crippen LogP contribution in [0, 0.1) is 5.92 Å². The number of azide groups is 1. The molecule has 0 spiro atoms. The van der Waals surface area contributed by atoms with E-state index in [1.54, 1.807) is 0 Å². The van der Waals surface area contributed by atoms with E-state index in [-0.39, 0.29) is 0 Å². The van der Waals surface area contributed by atoms with Crippen molar-refractivity contribution in [2.45, 2.75) is 19.8 Å². The van der Waals surface area contributed by atoms with Gasteiger partial charge in [-0.25, -0.2) is 0 Å². The van der Waals surface area contributed by atoms with Crippen LogP contribution in [-0.4, -0.2) is 44.3 Å². The predicted molar refractivity (Wildman–Crippen MR) is 59.7 cm³/mol. The summed E-state index contributed by atoms with van der Waals surface area (Å²) >= 11 is 0. The fourth-order valence-electron chi connectivity index (χ4n) is 2.01. The zero-order valence-corrected chi connectivity index (χ0v) is 9.43. The van der Waals surface area contributed by atoms with E-state index in [0.717, 1.165) is 32.8 Å². The molecular formula is C10H20N4O. The maximum Gasteiger partial charge on any atom is 0.0506 e. The maximum atomic E-state index is 8.18. The van der Waals surface area contributed by atoms with Crippen molar-refractivity contribution in [3.8, 4) is 0 Å². The average Bonchev–Trinajstić information content (AvgIpc) is 2.27. The summed E-state index contributed by atoms with van der Waals surface area (Å²) in [6.07, 6.45) is 2.49. The molecule has 0 amide bonds. The minimum atomic E-state index is 0.581. The highest BCUT2D eigenvalue weighted by Crippen LogP contribution is 2.16. The van der Waals surface area contributed by atoms with E-state index in [1.165, 1.54) is 12.8 Å². The smallest absolute Gasteiger partial charge is 0.0506 e. The second-order valence-corrected chi connectivity index (χ2v) is 3.92. The summed E-state index contributed by atoms with van der Waals surface area (Å²) in [6.45, 7) is 7.38. The molecule has 0 N–H and O–H groups in total. The van der Waals surface area contributed by atoms with E-state index < -0.39 is 0 Å². The van der Waals surface area contributed by atoms with Gasteiger partial charge in [-0.05, 0) is 37.8 Å². The van der Waals surface area contributed by atoms with Gasteiger partial charge < -0.3 is 9.64 Å². The lowest BCUT2D eigenvalue weighted by Crippen LogP contribution is -2.38. The fraction of sp³-hybridized carbons (Fsp3) is 1.00. The number of hydrogen-bond acceptors (Lipinski definition) is 3. The molecule has 0 aromatic heterocycles. The van der Waals surface area contributed by atoms with Gasteiger partial charge in [0.05, 0.1) is 6.61 Å². The van der Waals surface area contributed by atoms with Crippen LogP contribution in [0.1, 0.15) is 19.8 Å². The Morgan fingerprint density at radius 1 is 1.60 bits per heavy atom. The first-order valence-electron chi connectivity index (χ1n) is 5.67. The highest BCUT2D eigenvalue weighted by molar-refractivity contribution is 4.73. The Bertz CT molecular complexity index is 215. The van der Waals surface area contributed by atoms with Crippen LogP contribution in [0.5, 0.6) is 0 Å². The van der Waals surface area contributed by atoms with E-state index in [4.69, 9.17) is 10.3 Å². The van der Waals surface area contributed by atoms with E-state index in [0.29, 0.717) is 12.5 Å². The number of hydrogen-bond donors (Lipinski definition) is 0. The normalized spacial score (nSPS) is 22.3. The van der Waals surface area contributed by atoms with E-state index in [1.807, 2.05) is 6.92 Å². The summed E-state index contributed by atoms with van der Waals surface area (Å²) in [5, 5.41) is 3.56. The molecule has 1 rings (SSSR count). The second kappa shape index (κ2) is 7.51. The molecule has 1 saturated heterocycles. The first-order chi connectivity index (χ1) is 7.36. The topological polar surface area (TPSA) is 61.2 Å². The Kier molecular flexibility index (Phi) is 6.16. The standard InChI is InChI=1S/C10H20N4O/c1-2-15-9-10-4-3-6-14(8-10)7-5-12-13-11/h10H,2-9H2,1H3/t10-/m0/s1. The van der Waals surface area contributed by atoms with Crippen molar-refractivity contribution in [2.24, 2.45) is 11.0 Å². The Morgan fingerprint density at radius 2 is 2.47 bits per heavy atom. The molecule has 0 saturated carbocycles. The third-order valence-electron chi connectivity index (χ3n) is 2.74. The molecular weight excluding hydrogens is 192 g/mol. The Hall–Kier alpha value is -0.770. The van der Waals surface area contributed by atoms with Crippen LogP contribution in [0.15, 0.2) is 5.11 Å². The van der Waals surface area contributed by atoms with E-state index in [2.05, 4.69) is 14.9 Å². The molecule has 0 aromatic rings. The van der Waals surface area contributed by atoms with Crippen LogP contribution < -0.4 is 0 Å². The predicted octanol–water partition coefficient (Wildman–Crippen LogP) is 2.05. The highest BCUT2D eigenvalue weighted by atomic mass is 16.5. The van der Waals surface area contributed by atoms with E-state index in [9.17, 15) is 0 Å². The highest BCUT2D eigenvalue weighted by Gasteiger charge is 2.18. The van der Waals surface area contributed by atoms with Gasteiger partial charge in [-0.3, -0.25) is 0 Å². The molecule has 1 aliphatic rings. The average molecular weight is 212 g/mol. The summed E-state index contributed by atoms with van der Waals surface area (Å²) in [5.74, 6) is 0.657. The van der Waals surface area contributed by atoms with Gasteiger partial charge in [0.15, 0.2) is 0 Å². The fourth-order valence-corrected chi connectivity index (χ4v) is 2.01. The third kappa shape index (κ3) is 5.02. The maximum absolute atomic E-state index is 8.18. The van der Waals surface area contributed by atoms with Crippen molar-refractivity contribution in [1.29, 1.82) is 0 Å². The zero-order valence-electron chi connectivity index (χ0n) is 9.43. The van der Waals surface area contributed by atoms with Gasteiger partial charge in [0.2, 0.25) is 0 Å². The number of piperidine rings is 1. The molecule has 5 heteroatoms. The van der Waals surface area contributed by atoms with Crippen molar-refractivity contribution in [3.63, 3.8) is 0 Å². The van der Waals surface area contributed by atoms with Crippen LogP contribution in [0.4, 0.5) is 0 Å². The zero-order chi connectivity index (χ0) is 10.9. The quantitative estimate of drug-likeness (QED) is 0.384. The monoisotopic (exact) mass is 212 g/mol. The molecule has 5 nitrogen and oxygen atoms in total. The molecule has 0 aromatic carbocycles. The Balaban J connectivity index is 2.19. The van der Waals surface area contributed by atoms with Crippen molar-refractivity contribution >= 4 is 0 Å². The Labute approximate surface area is 91.0 Å². The lowest BCUT2D eigenvalue weighted by molar-refractivity contribution is 0.0682. The number of nitrogens with zero attached hydrogens (tertiary/aromatic N) is 4. The number of rotatable bonds is 6. The van der Waals surface area contributed by atoms with Crippen LogP contribution in [-0.2, 0) is 4.74 Å². The molecule has 1 fully saturated rings. The summed E-state index contributed by atoms with van der Waals surface area (Å²) in [6, 6.07) is 0. The van der Waals surface area contributed by atoms with Crippen LogP contribution in [0.3, 0.4) is 0 Å². The van der Waals surface area contributed by atoms with Crippen molar-refractivity contribution in [2.75, 3.05) is 39.4 Å². The number of ether oxygens (including phenoxy) is 1. The van der Waals surface area contributed by atoms with Gasteiger partial charge in [0.25, 0.3) is 0 Å². The van der Waals surface area contributed by atoms with Gasteiger partial charge in [-0.1, -0.05) is 5.11 Å². The van der Waals surface area contributed by atoms with Crippen LogP contribution in [0.2, 0.25) is 0 Å². The van der Waals surface area contributed by atoms with Crippen molar-refractivity contribution in [3.05, 3.63) is 10.4 Å². The lowest BCUT2D eigenvalue weighted by atomic mass is 9.99. The van der Waals surface area contributed by atoms with Crippen LogP contribution in [0.25, 0.3) is 10.4 Å². The van der Waals surface area contributed by atoms with Crippen molar-refractivity contribution in [1.82, 2.24) is 4.90 Å². The molecule has 0 radical (unpaired) electrons. The van der Waals surface area contributed by atoms with Gasteiger partial charge in [0.1, 0.15) is 0 Å². The molecule has 1 aliphatic heterocycles. The van der Waals surface area contributed by atoms with E-state index >= 15 is 0 Å². The molecule has 15 heavy (non-hydrogen) atoms. The Morgan fingerprint density at radius 3 is 3.20 bits per heavy atom. The van der Waals surface area contributed by atoms with Crippen LogP contribution >= 0.6 is 0 Å². The second-order valence-electron chi connectivity index (χ2n) is 3.92. The van der Waals surface area contributed by atoms with Gasteiger partial charge in [-0.2, -0.15) is 0 Å². The molecule has 86 valence electrons. The first-order valence-corrected chi connectivity index (χ1v) is 5.67. The summed E-state index contributed by atoms with van der Waals surface area (Å²) < 4.78 is 5.44. The minimum absolute atomic E-state index is 0.581. The third-order valence-corrected chi connectivity index (χ3v) is 2.74. The number of likely N-dealkylation sites (tertiary alicyclic amines) is 1. The minimum Gasteiger partial charge on any atom is -0.381 e. The summed E-state index contributed by atoms with van der Waals surface area (Å²) in [5.41, 5.74) is 8.18. The lowest BCUT2D eigenvalue weighted by Gasteiger charge is -2.32. The van der Waals surface area contributed by atoms with Gasteiger partial charge in [0, 0.05) is 31.2 Å². The molecule has 1 atom stereocenters. The molecule has 0 unspecified atom stereocenters. The van der Waals surface area contributed by atoms with Crippen molar-refractivity contribution < 1.29 is 4.74 Å². The van der Waals surface area contributed by atoms with Gasteiger partial charge in [-0.15, -0.1) is 0 Å². The molecule has 0 aliphatic carbocycles. The van der Waals surface area contributed by atoms with Gasteiger partial charge >= 0.3 is 0 Å². The SMILES string of the molecule is CCOC[C@H]1CCCN(CCN=[N+]=[N-])C1. The largest absolute Gasteiger partial charge is 0.381 e. The summed E-state index contributed by atoms with van der Waals surface area (Å²) in [4.78, 5) is 5.13. The first kappa shape index (κ1) is 12.3. The summed E-state index contributed by atoms with van der Waals surface area (Å²) in [7, 11) is 0. The molecule has 0 bridgehead atoms. The molecule has 1 heterocycles.